The third-order valence-corrected chi connectivity index (χ3v) is 1.13. The minimum Gasteiger partial charge on any atom is -0.314 e. The van der Waals surface area contributed by atoms with Gasteiger partial charge in [-0.15, -0.1) is 0 Å². The highest BCUT2D eigenvalue weighted by atomic mass is 19.1. The van der Waals surface area contributed by atoms with Gasteiger partial charge in [0, 0.05) is 6.54 Å². The molecule has 1 aromatic heterocycles. The zero-order valence-electron chi connectivity index (χ0n) is 7.76. The Hall–Kier alpha value is -0.960. The lowest BCUT2D eigenvalue weighted by Crippen LogP contribution is -2.07. The molecule has 1 N–H and O–H groups in total. The third kappa shape index (κ3) is 4.03. The Bertz CT molecular complexity index is 213. The van der Waals surface area contributed by atoms with Crippen LogP contribution in [0.25, 0.3) is 0 Å². The Morgan fingerprint density at radius 2 is 2.08 bits per heavy atom. The molecule has 68 valence electrons. The molecule has 1 rings (SSSR count). The average molecular weight is 170 g/mol. The molecule has 0 atom stereocenters. The van der Waals surface area contributed by atoms with Crippen LogP contribution in [-0.2, 0) is 6.54 Å². The summed E-state index contributed by atoms with van der Waals surface area (Å²) < 4.78 is 12.4. The van der Waals surface area contributed by atoms with Gasteiger partial charge in [0.2, 0.25) is 5.95 Å². The Balaban J connectivity index is 0.000000561. The molecule has 0 spiro atoms. The largest absolute Gasteiger partial charge is 0.314 e. The van der Waals surface area contributed by atoms with Gasteiger partial charge in [0.05, 0.1) is 5.69 Å². The van der Waals surface area contributed by atoms with E-state index in [1.165, 1.54) is 6.07 Å². The second-order valence-corrected chi connectivity index (χ2v) is 1.98. The molecule has 0 saturated heterocycles. The van der Waals surface area contributed by atoms with Gasteiger partial charge < -0.3 is 5.32 Å². The van der Waals surface area contributed by atoms with Gasteiger partial charge in [-0.2, -0.15) is 4.39 Å². The number of aromatic nitrogens is 1. The predicted molar refractivity (Wildman–Crippen MR) is 48.3 cm³/mol. The first-order valence-electron chi connectivity index (χ1n) is 4.09. The highest BCUT2D eigenvalue weighted by Gasteiger charge is 1.92. The van der Waals surface area contributed by atoms with Crippen LogP contribution < -0.4 is 5.32 Å². The summed E-state index contributed by atoms with van der Waals surface area (Å²) in [5.74, 6) is -0.423. The first-order valence-corrected chi connectivity index (χ1v) is 4.09. The van der Waals surface area contributed by atoms with E-state index in [4.69, 9.17) is 0 Å². The van der Waals surface area contributed by atoms with E-state index in [1.807, 2.05) is 13.8 Å². The van der Waals surface area contributed by atoms with Crippen LogP contribution in [0.3, 0.4) is 0 Å². The Morgan fingerprint density at radius 1 is 1.42 bits per heavy atom. The van der Waals surface area contributed by atoms with Crippen molar-refractivity contribution in [1.29, 1.82) is 0 Å². The van der Waals surface area contributed by atoms with Gasteiger partial charge in [0.25, 0.3) is 0 Å². The minimum atomic E-state index is -0.423. The molecule has 0 fully saturated rings. The van der Waals surface area contributed by atoms with Crippen molar-refractivity contribution in [2.45, 2.75) is 20.4 Å². The fourth-order valence-electron chi connectivity index (χ4n) is 0.730. The van der Waals surface area contributed by atoms with Crippen LogP contribution in [0.15, 0.2) is 18.2 Å². The normalized spacial score (nSPS) is 8.67. The van der Waals surface area contributed by atoms with Crippen molar-refractivity contribution in [3.8, 4) is 0 Å². The van der Waals surface area contributed by atoms with Crippen molar-refractivity contribution in [2.24, 2.45) is 0 Å². The molecular weight excluding hydrogens is 155 g/mol. The van der Waals surface area contributed by atoms with Gasteiger partial charge in [-0.25, -0.2) is 4.98 Å². The zero-order chi connectivity index (χ0) is 9.40. The predicted octanol–water partition coefficient (Wildman–Crippen LogP) is 1.97. The Labute approximate surface area is 72.8 Å². The molecule has 0 aliphatic carbocycles. The molecule has 12 heavy (non-hydrogen) atoms. The summed E-state index contributed by atoms with van der Waals surface area (Å²) in [7, 11) is 1.80. The SMILES string of the molecule is CC.CNCc1cccc(F)n1. The van der Waals surface area contributed by atoms with E-state index in [-0.39, 0.29) is 0 Å². The van der Waals surface area contributed by atoms with Gasteiger partial charge in [0.15, 0.2) is 0 Å². The van der Waals surface area contributed by atoms with Crippen LogP contribution in [0.5, 0.6) is 0 Å². The summed E-state index contributed by atoms with van der Waals surface area (Å²) in [6.45, 7) is 4.61. The van der Waals surface area contributed by atoms with Crippen molar-refractivity contribution < 1.29 is 4.39 Å². The summed E-state index contributed by atoms with van der Waals surface area (Å²) in [6, 6.07) is 4.76. The van der Waals surface area contributed by atoms with Crippen molar-refractivity contribution in [1.82, 2.24) is 10.3 Å². The third-order valence-electron chi connectivity index (χ3n) is 1.13. The number of halogens is 1. The highest BCUT2D eigenvalue weighted by molar-refractivity contribution is 5.03. The van der Waals surface area contributed by atoms with Crippen LogP contribution in [0, 0.1) is 5.95 Å². The topological polar surface area (TPSA) is 24.9 Å². The van der Waals surface area contributed by atoms with Gasteiger partial charge in [0.1, 0.15) is 0 Å². The van der Waals surface area contributed by atoms with E-state index >= 15 is 0 Å². The molecule has 0 radical (unpaired) electrons. The first-order chi connectivity index (χ1) is 5.83. The van der Waals surface area contributed by atoms with Gasteiger partial charge in [-0.3, -0.25) is 0 Å². The molecule has 3 heteroatoms. The van der Waals surface area contributed by atoms with E-state index in [0.717, 1.165) is 5.69 Å². The fourth-order valence-corrected chi connectivity index (χ4v) is 0.730. The quantitative estimate of drug-likeness (QED) is 0.686. The van der Waals surface area contributed by atoms with Crippen LogP contribution >= 0.6 is 0 Å². The number of rotatable bonds is 2. The van der Waals surface area contributed by atoms with E-state index in [1.54, 1.807) is 19.2 Å². The highest BCUT2D eigenvalue weighted by Crippen LogP contribution is 1.95. The van der Waals surface area contributed by atoms with E-state index in [9.17, 15) is 4.39 Å². The molecule has 0 aromatic carbocycles. The number of pyridine rings is 1. The average Bonchev–Trinajstić information content (AvgIpc) is 2.09. The lowest BCUT2D eigenvalue weighted by Gasteiger charge is -1.96. The maximum Gasteiger partial charge on any atom is 0.213 e. The summed E-state index contributed by atoms with van der Waals surface area (Å²) in [5, 5.41) is 2.88. The monoisotopic (exact) mass is 170 g/mol. The first kappa shape index (κ1) is 11.0. The Kier molecular flexibility index (Phi) is 6.19. The lowest BCUT2D eigenvalue weighted by molar-refractivity contribution is 0.573. The molecule has 1 heterocycles. The summed E-state index contributed by atoms with van der Waals surface area (Å²) in [5.41, 5.74) is 0.725. The van der Waals surface area contributed by atoms with Crippen LogP contribution in [0.2, 0.25) is 0 Å². The van der Waals surface area contributed by atoms with E-state index in [2.05, 4.69) is 10.3 Å². The Morgan fingerprint density at radius 3 is 2.58 bits per heavy atom. The molecule has 0 amide bonds. The van der Waals surface area contributed by atoms with E-state index in [0.29, 0.717) is 6.54 Å². The van der Waals surface area contributed by atoms with Crippen LogP contribution in [-0.4, -0.2) is 12.0 Å². The van der Waals surface area contributed by atoms with Gasteiger partial charge >= 0.3 is 0 Å². The molecule has 0 saturated carbocycles. The van der Waals surface area contributed by atoms with E-state index < -0.39 is 5.95 Å². The number of hydrogen-bond donors (Lipinski definition) is 1. The van der Waals surface area contributed by atoms with Crippen molar-refractivity contribution in [2.75, 3.05) is 7.05 Å². The summed E-state index contributed by atoms with van der Waals surface area (Å²) >= 11 is 0. The minimum absolute atomic E-state index is 0.423. The zero-order valence-corrected chi connectivity index (χ0v) is 7.76. The molecule has 1 aromatic rings. The maximum absolute atomic E-state index is 12.4. The van der Waals surface area contributed by atoms with Crippen LogP contribution in [0.4, 0.5) is 4.39 Å². The van der Waals surface area contributed by atoms with Crippen LogP contribution in [0.1, 0.15) is 19.5 Å². The number of nitrogens with one attached hydrogen (secondary N) is 1. The maximum atomic E-state index is 12.4. The van der Waals surface area contributed by atoms with Crippen molar-refractivity contribution in [3.05, 3.63) is 29.8 Å². The second-order valence-electron chi connectivity index (χ2n) is 1.98. The molecule has 0 bridgehead atoms. The van der Waals surface area contributed by atoms with Crippen molar-refractivity contribution >= 4 is 0 Å². The summed E-state index contributed by atoms with van der Waals surface area (Å²) in [6.07, 6.45) is 0. The summed E-state index contributed by atoms with van der Waals surface area (Å²) in [4.78, 5) is 3.63. The molecule has 0 unspecified atom stereocenters. The van der Waals surface area contributed by atoms with Crippen molar-refractivity contribution in [3.63, 3.8) is 0 Å². The fraction of sp³-hybridized carbons (Fsp3) is 0.444. The number of nitrogens with zero attached hydrogens (tertiary/aromatic N) is 1. The van der Waals surface area contributed by atoms with Gasteiger partial charge in [-0.05, 0) is 19.2 Å². The molecule has 0 aliphatic rings. The second kappa shape index (κ2) is 6.73. The smallest absolute Gasteiger partial charge is 0.213 e. The standard InChI is InChI=1S/C7H9FN2.C2H6/c1-9-5-6-3-2-4-7(8)10-6;1-2/h2-4,9H,5H2,1H3;1-2H3. The molecule has 0 aliphatic heterocycles. The molecule has 2 nitrogen and oxygen atoms in total. The molecular formula is C9H15FN2. The number of hydrogen-bond acceptors (Lipinski definition) is 2. The lowest BCUT2D eigenvalue weighted by atomic mass is 10.3. The van der Waals surface area contributed by atoms with Gasteiger partial charge in [-0.1, -0.05) is 19.9 Å².